The molecule has 1 atom stereocenters. The molecule has 1 aliphatic rings. The maximum atomic E-state index is 5.55. The zero-order valence-corrected chi connectivity index (χ0v) is 10.2. The molecule has 0 radical (unpaired) electrons. The fraction of sp³-hybridized carbons (Fsp3) is 0.750. The van der Waals surface area contributed by atoms with E-state index in [2.05, 4.69) is 12.3 Å². The average molecular weight is 224 g/mol. The molecule has 0 amide bonds. The zero-order valence-electron chi connectivity index (χ0n) is 9.41. The predicted octanol–water partition coefficient (Wildman–Crippen LogP) is 2.94. The standard InChI is InChI=1S/C12H20N2S/c1-9(5-6-13)7-12-14-11(8-15-12)10-3-2-4-10/h8-10H,2-7,13H2,1H3. The summed E-state index contributed by atoms with van der Waals surface area (Å²) in [6, 6.07) is 0. The van der Waals surface area contributed by atoms with Gasteiger partial charge in [-0.15, -0.1) is 11.3 Å². The van der Waals surface area contributed by atoms with Crippen LogP contribution >= 0.6 is 11.3 Å². The van der Waals surface area contributed by atoms with Crippen LogP contribution in [0.5, 0.6) is 0 Å². The lowest BCUT2D eigenvalue weighted by molar-refractivity contribution is 0.411. The van der Waals surface area contributed by atoms with Gasteiger partial charge in [0, 0.05) is 17.7 Å². The van der Waals surface area contributed by atoms with Gasteiger partial charge in [-0.1, -0.05) is 13.3 Å². The first kappa shape index (κ1) is 11.1. The highest BCUT2D eigenvalue weighted by Crippen LogP contribution is 2.36. The summed E-state index contributed by atoms with van der Waals surface area (Å²) in [6.45, 7) is 3.05. The minimum absolute atomic E-state index is 0.676. The minimum Gasteiger partial charge on any atom is -0.330 e. The Morgan fingerprint density at radius 1 is 1.60 bits per heavy atom. The van der Waals surface area contributed by atoms with Crippen LogP contribution in [0.2, 0.25) is 0 Å². The lowest BCUT2D eigenvalue weighted by Crippen LogP contribution is -2.10. The number of nitrogens with zero attached hydrogens (tertiary/aromatic N) is 1. The van der Waals surface area contributed by atoms with E-state index in [1.807, 2.05) is 11.3 Å². The van der Waals surface area contributed by atoms with Crippen LogP contribution in [0.3, 0.4) is 0 Å². The first-order chi connectivity index (χ1) is 7.29. The van der Waals surface area contributed by atoms with E-state index >= 15 is 0 Å². The van der Waals surface area contributed by atoms with Crippen molar-refractivity contribution in [3.8, 4) is 0 Å². The summed E-state index contributed by atoms with van der Waals surface area (Å²) < 4.78 is 0. The van der Waals surface area contributed by atoms with E-state index < -0.39 is 0 Å². The summed E-state index contributed by atoms with van der Waals surface area (Å²) in [5.74, 6) is 1.45. The normalized spacial score (nSPS) is 18.8. The molecule has 0 aromatic carbocycles. The summed E-state index contributed by atoms with van der Waals surface area (Å²) in [5.41, 5.74) is 6.90. The third-order valence-corrected chi connectivity index (χ3v) is 4.16. The van der Waals surface area contributed by atoms with Crippen molar-refractivity contribution < 1.29 is 0 Å². The SMILES string of the molecule is CC(CCN)Cc1nc(C2CCC2)cs1. The minimum atomic E-state index is 0.676. The van der Waals surface area contributed by atoms with Crippen LogP contribution in [0.4, 0.5) is 0 Å². The Hall–Kier alpha value is -0.410. The van der Waals surface area contributed by atoms with Gasteiger partial charge >= 0.3 is 0 Å². The number of hydrogen-bond donors (Lipinski definition) is 1. The monoisotopic (exact) mass is 224 g/mol. The first-order valence-electron chi connectivity index (χ1n) is 5.94. The summed E-state index contributed by atoms with van der Waals surface area (Å²) in [6.07, 6.45) is 6.30. The number of nitrogens with two attached hydrogens (primary N) is 1. The van der Waals surface area contributed by atoms with Crippen LogP contribution in [0, 0.1) is 5.92 Å². The molecule has 2 N–H and O–H groups in total. The Labute approximate surface area is 95.9 Å². The van der Waals surface area contributed by atoms with Gasteiger partial charge in [-0.3, -0.25) is 0 Å². The van der Waals surface area contributed by atoms with Crippen molar-refractivity contribution in [2.75, 3.05) is 6.54 Å². The van der Waals surface area contributed by atoms with Crippen LogP contribution in [0.15, 0.2) is 5.38 Å². The highest BCUT2D eigenvalue weighted by atomic mass is 32.1. The molecule has 0 saturated heterocycles. The average Bonchev–Trinajstić information content (AvgIpc) is 2.50. The van der Waals surface area contributed by atoms with E-state index in [0.29, 0.717) is 5.92 Å². The molecular formula is C12H20N2S. The molecule has 1 aliphatic carbocycles. The molecule has 3 heteroatoms. The van der Waals surface area contributed by atoms with E-state index in [4.69, 9.17) is 10.7 Å². The van der Waals surface area contributed by atoms with Crippen LogP contribution < -0.4 is 5.73 Å². The Balaban J connectivity index is 1.88. The van der Waals surface area contributed by atoms with Gasteiger partial charge in [0.05, 0.1) is 10.7 Å². The van der Waals surface area contributed by atoms with Gasteiger partial charge in [0.15, 0.2) is 0 Å². The van der Waals surface area contributed by atoms with Crippen molar-refractivity contribution in [1.82, 2.24) is 4.98 Å². The second kappa shape index (κ2) is 5.08. The molecule has 84 valence electrons. The Morgan fingerprint density at radius 3 is 3.00 bits per heavy atom. The molecule has 1 fully saturated rings. The molecular weight excluding hydrogens is 204 g/mol. The van der Waals surface area contributed by atoms with E-state index in [1.54, 1.807) is 0 Å². The molecule has 1 unspecified atom stereocenters. The molecule has 1 aromatic rings. The molecule has 2 nitrogen and oxygen atoms in total. The molecule has 1 heterocycles. The number of hydrogen-bond acceptors (Lipinski definition) is 3. The molecule has 2 rings (SSSR count). The molecule has 0 bridgehead atoms. The zero-order chi connectivity index (χ0) is 10.7. The summed E-state index contributed by atoms with van der Waals surface area (Å²) >= 11 is 1.83. The largest absolute Gasteiger partial charge is 0.330 e. The van der Waals surface area contributed by atoms with Gasteiger partial charge in [0.2, 0.25) is 0 Å². The summed E-state index contributed by atoms with van der Waals surface area (Å²) in [7, 11) is 0. The highest BCUT2D eigenvalue weighted by molar-refractivity contribution is 7.09. The van der Waals surface area contributed by atoms with E-state index in [0.717, 1.165) is 25.3 Å². The number of rotatable bonds is 5. The second-order valence-corrected chi connectivity index (χ2v) is 5.62. The first-order valence-corrected chi connectivity index (χ1v) is 6.82. The van der Waals surface area contributed by atoms with E-state index in [1.165, 1.54) is 30.0 Å². The third kappa shape index (κ3) is 2.79. The number of thiazole rings is 1. The maximum Gasteiger partial charge on any atom is 0.0931 e. The van der Waals surface area contributed by atoms with Crippen molar-refractivity contribution in [2.45, 2.75) is 44.9 Å². The number of aromatic nitrogens is 1. The van der Waals surface area contributed by atoms with Gasteiger partial charge in [-0.2, -0.15) is 0 Å². The van der Waals surface area contributed by atoms with Crippen LogP contribution in [0.1, 0.15) is 49.2 Å². The molecule has 0 aliphatic heterocycles. The predicted molar refractivity (Wildman–Crippen MR) is 65.2 cm³/mol. The maximum absolute atomic E-state index is 5.55. The lowest BCUT2D eigenvalue weighted by Gasteiger charge is -2.23. The van der Waals surface area contributed by atoms with Crippen LogP contribution in [-0.4, -0.2) is 11.5 Å². The summed E-state index contributed by atoms with van der Waals surface area (Å²) in [4.78, 5) is 4.73. The van der Waals surface area contributed by atoms with Crippen molar-refractivity contribution in [1.29, 1.82) is 0 Å². The van der Waals surface area contributed by atoms with Gasteiger partial charge in [-0.25, -0.2) is 4.98 Å². The Kier molecular flexibility index (Phi) is 3.76. The van der Waals surface area contributed by atoms with Crippen molar-refractivity contribution in [2.24, 2.45) is 11.7 Å². The molecule has 0 spiro atoms. The second-order valence-electron chi connectivity index (χ2n) is 4.68. The molecule has 1 aromatic heterocycles. The Bertz CT molecular complexity index is 304. The Morgan fingerprint density at radius 2 is 2.40 bits per heavy atom. The van der Waals surface area contributed by atoms with Crippen molar-refractivity contribution in [3.63, 3.8) is 0 Å². The third-order valence-electron chi connectivity index (χ3n) is 3.28. The topological polar surface area (TPSA) is 38.9 Å². The van der Waals surface area contributed by atoms with Gasteiger partial charge < -0.3 is 5.73 Å². The van der Waals surface area contributed by atoms with Gasteiger partial charge in [0.1, 0.15) is 0 Å². The highest BCUT2D eigenvalue weighted by Gasteiger charge is 2.22. The molecule has 1 saturated carbocycles. The fourth-order valence-corrected chi connectivity index (χ4v) is 3.04. The van der Waals surface area contributed by atoms with Gasteiger partial charge in [0.25, 0.3) is 0 Å². The van der Waals surface area contributed by atoms with Crippen LogP contribution in [-0.2, 0) is 6.42 Å². The van der Waals surface area contributed by atoms with Crippen LogP contribution in [0.25, 0.3) is 0 Å². The summed E-state index contributed by atoms with van der Waals surface area (Å²) in [5, 5.41) is 3.56. The van der Waals surface area contributed by atoms with Crippen molar-refractivity contribution in [3.05, 3.63) is 16.1 Å². The smallest absolute Gasteiger partial charge is 0.0931 e. The van der Waals surface area contributed by atoms with Gasteiger partial charge in [-0.05, 0) is 31.7 Å². The quantitative estimate of drug-likeness (QED) is 0.835. The van der Waals surface area contributed by atoms with E-state index in [9.17, 15) is 0 Å². The molecule has 15 heavy (non-hydrogen) atoms. The fourth-order valence-electron chi connectivity index (χ4n) is 2.00. The van der Waals surface area contributed by atoms with E-state index in [-0.39, 0.29) is 0 Å². The lowest BCUT2D eigenvalue weighted by atomic mass is 9.83. The van der Waals surface area contributed by atoms with Crippen molar-refractivity contribution >= 4 is 11.3 Å².